The largest absolute Gasteiger partial charge is 0.494 e. The first-order valence-electron chi connectivity index (χ1n) is 7.86. The number of hydrogen-bond acceptors (Lipinski definition) is 4. The minimum Gasteiger partial charge on any atom is -0.494 e. The normalized spacial score (nSPS) is 17.3. The van der Waals surface area contributed by atoms with Crippen LogP contribution in [-0.2, 0) is 10.0 Å². The van der Waals surface area contributed by atoms with Crippen molar-refractivity contribution in [1.29, 1.82) is 0 Å². The highest BCUT2D eigenvalue weighted by Gasteiger charge is 2.30. The number of piperidine rings is 1. The maximum absolute atomic E-state index is 12.7. The molecule has 3 rings (SSSR count). The molecule has 1 aliphatic rings. The Balaban J connectivity index is 1.68. The van der Waals surface area contributed by atoms with Crippen molar-refractivity contribution in [3.63, 3.8) is 0 Å². The molecular formula is C17H21NO3S2. The van der Waals surface area contributed by atoms with Crippen LogP contribution in [0.5, 0.6) is 5.75 Å². The van der Waals surface area contributed by atoms with Gasteiger partial charge in [0.25, 0.3) is 0 Å². The smallest absolute Gasteiger partial charge is 0.243 e. The van der Waals surface area contributed by atoms with Gasteiger partial charge >= 0.3 is 0 Å². The summed E-state index contributed by atoms with van der Waals surface area (Å²) in [5.41, 5.74) is 1.34. The van der Waals surface area contributed by atoms with E-state index in [0.29, 0.717) is 36.3 Å². The molecule has 0 saturated carbocycles. The van der Waals surface area contributed by atoms with Gasteiger partial charge in [-0.2, -0.15) is 15.6 Å². The van der Waals surface area contributed by atoms with Crippen molar-refractivity contribution in [2.45, 2.75) is 30.6 Å². The fourth-order valence-electron chi connectivity index (χ4n) is 2.96. The quantitative estimate of drug-likeness (QED) is 0.825. The van der Waals surface area contributed by atoms with Gasteiger partial charge in [0.15, 0.2) is 0 Å². The molecule has 2 aromatic rings. The second-order valence-corrected chi connectivity index (χ2v) is 8.36. The van der Waals surface area contributed by atoms with Crippen molar-refractivity contribution in [2.75, 3.05) is 19.7 Å². The van der Waals surface area contributed by atoms with E-state index in [-0.39, 0.29) is 0 Å². The van der Waals surface area contributed by atoms with Crippen LogP contribution < -0.4 is 4.74 Å². The van der Waals surface area contributed by atoms with E-state index >= 15 is 0 Å². The molecule has 0 spiro atoms. The first-order chi connectivity index (χ1) is 11.1. The molecule has 1 aromatic heterocycles. The van der Waals surface area contributed by atoms with Crippen molar-refractivity contribution in [3.8, 4) is 5.75 Å². The summed E-state index contributed by atoms with van der Waals surface area (Å²) in [6.45, 7) is 3.64. The van der Waals surface area contributed by atoms with E-state index in [2.05, 4.69) is 16.8 Å². The number of nitrogens with zero attached hydrogens (tertiary/aromatic N) is 1. The predicted molar refractivity (Wildman–Crippen MR) is 92.7 cm³/mol. The van der Waals surface area contributed by atoms with Crippen molar-refractivity contribution in [2.24, 2.45) is 0 Å². The lowest BCUT2D eigenvalue weighted by Gasteiger charge is -2.31. The van der Waals surface area contributed by atoms with Crippen LogP contribution in [0.3, 0.4) is 0 Å². The predicted octanol–water partition coefficient (Wildman–Crippen LogP) is 3.72. The second kappa shape index (κ2) is 7.03. The molecule has 1 fully saturated rings. The van der Waals surface area contributed by atoms with Gasteiger partial charge in [0.05, 0.1) is 11.5 Å². The van der Waals surface area contributed by atoms with E-state index in [9.17, 15) is 8.42 Å². The van der Waals surface area contributed by atoms with E-state index in [1.165, 1.54) is 5.56 Å². The molecule has 1 saturated heterocycles. The number of rotatable bonds is 5. The van der Waals surface area contributed by atoms with Gasteiger partial charge < -0.3 is 4.74 Å². The molecule has 0 bridgehead atoms. The summed E-state index contributed by atoms with van der Waals surface area (Å²) >= 11 is 1.70. The minimum atomic E-state index is -3.41. The molecule has 4 nitrogen and oxygen atoms in total. The number of thiophene rings is 1. The molecule has 0 amide bonds. The number of benzene rings is 1. The number of ether oxygens (including phenoxy) is 1. The fraction of sp³-hybridized carbons (Fsp3) is 0.412. The molecule has 2 heterocycles. The molecule has 0 aliphatic carbocycles. The molecule has 6 heteroatoms. The van der Waals surface area contributed by atoms with Crippen LogP contribution in [0.2, 0.25) is 0 Å². The topological polar surface area (TPSA) is 46.6 Å². The van der Waals surface area contributed by atoms with E-state index < -0.39 is 10.0 Å². The van der Waals surface area contributed by atoms with Crippen LogP contribution in [0, 0.1) is 0 Å². The van der Waals surface area contributed by atoms with Crippen LogP contribution in [0.4, 0.5) is 0 Å². The first-order valence-corrected chi connectivity index (χ1v) is 10.2. The van der Waals surface area contributed by atoms with Crippen LogP contribution in [-0.4, -0.2) is 32.4 Å². The highest BCUT2D eigenvalue weighted by atomic mass is 32.2. The van der Waals surface area contributed by atoms with Gasteiger partial charge in [-0.25, -0.2) is 8.42 Å². The van der Waals surface area contributed by atoms with Crippen molar-refractivity contribution in [1.82, 2.24) is 4.31 Å². The third kappa shape index (κ3) is 3.59. The van der Waals surface area contributed by atoms with Gasteiger partial charge in [0, 0.05) is 13.1 Å². The molecule has 0 N–H and O–H groups in total. The average molecular weight is 351 g/mol. The molecule has 0 unspecified atom stereocenters. The van der Waals surface area contributed by atoms with Gasteiger partial charge in [-0.1, -0.05) is 0 Å². The molecule has 124 valence electrons. The van der Waals surface area contributed by atoms with Gasteiger partial charge in [0.2, 0.25) is 10.0 Å². The summed E-state index contributed by atoms with van der Waals surface area (Å²) in [5.74, 6) is 1.18. The van der Waals surface area contributed by atoms with Gasteiger partial charge in [-0.05, 0) is 72.3 Å². The van der Waals surface area contributed by atoms with Crippen LogP contribution >= 0.6 is 11.3 Å². The molecule has 0 radical (unpaired) electrons. The van der Waals surface area contributed by atoms with E-state index in [1.54, 1.807) is 39.9 Å². The summed E-state index contributed by atoms with van der Waals surface area (Å²) < 4.78 is 32.4. The van der Waals surface area contributed by atoms with Crippen molar-refractivity contribution < 1.29 is 13.2 Å². The van der Waals surface area contributed by atoms with Crippen LogP contribution in [0.15, 0.2) is 46.0 Å². The highest BCUT2D eigenvalue weighted by Crippen LogP contribution is 2.32. The monoisotopic (exact) mass is 351 g/mol. The van der Waals surface area contributed by atoms with Gasteiger partial charge in [-0.15, -0.1) is 0 Å². The minimum absolute atomic E-state index is 0.343. The second-order valence-electron chi connectivity index (χ2n) is 5.64. The zero-order valence-electron chi connectivity index (χ0n) is 13.1. The summed E-state index contributed by atoms with van der Waals surface area (Å²) in [4.78, 5) is 0.343. The lowest BCUT2D eigenvalue weighted by atomic mass is 9.92. The summed E-state index contributed by atoms with van der Waals surface area (Å²) in [6, 6.07) is 8.84. The summed E-state index contributed by atoms with van der Waals surface area (Å²) in [6.07, 6.45) is 1.76. The lowest BCUT2D eigenvalue weighted by Crippen LogP contribution is -2.37. The van der Waals surface area contributed by atoms with E-state index in [4.69, 9.17) is 4.74 Å². The Bertz CT molecular complexity index is 716. The molecule has 1 aliphatic heterocycles. The SMILES string of the molecule is CCOc1ccc(S(=O)(=O)N2CCC(c3ccsc3)CC2)cc1. The maximum Gasteiger partial charge on any atom is 0.243 e. The third-order valence-corrected chi connectivity index (χ3v) is 6.86. The Morgan fingerprint density at radius 3 is 2.43 bits per heavy atom. The van der Waals surface area contributed by atoms with Gasteiger partial charge in [0.1, 0.15) is 5.75 Å². The van der Waals surface area contributed by atoms with E-state index in [0.717, 1.165) is 12.8 Å². The Morgan fingerprint density at radius 2 is 1.87 bits per heavy atom. The fourth-order valence-corrected chi connectivity index (χ4v) is 5.17. The maximum atomic E-state index is 12.7. The van der Waals surface area contributed by atoms with Gasteiger partial charge in [-0.3, -0.25) is 0 Å². The summed E-state index contributed by atoms with van der Waals surface area (Å²) in [5, 5.41) is 4.25. The molecule has 23 heavy (non-hydrogen) atoms. The molecule has 1 aromatic carbocycles. The van der Waals surface area contributed by atoms with Crippen molar-refractivity contribution in [3.05, 3.63) is 46.7 Å². The van der Waals surface area contributed by atoms with E-state index in [1.807, 2.05) is 6.92 Å². The zero-order chi connectivity index (χ0) is 16.3. The average Bonchev–Trinajstić information content (AvgIpc) is 3.10. The third-order valence-electron chi connectivity index (χ3n) is 4.24. The Hall–Kier alpha value is -1.37. The zero-order valence-corrected chi connectivity index (χ0v) is 14.8. The number of sulfonamides is 1. The molecule has 0 atom stereocenters. The number of hydrogen-bond donors (Lipinski definition) is 0. The van der Waals surface area contributed by atoms with Crippen molar-refractivity contribution >= 4 is 21.4 Å². The summed E-state index contributed by atoms with van der Waals surface area (Å²) in [7, 11) is -3.41. The lowest BCUT2D eigenvalue weighted by molar-refractivity contribution is 0.319. The highest BCUT2D eigenvalue weighted by molar-refractivity contribution is 7.89. The van der Waals surface area contributed by atoms with Crippen LogP contribution in [0.25, 0.3) is 0 Å². The standard InChI is InChI=1S/C17H21NO3S2/c1-2-21-16-3-5-17(6-4-16)23(19,20)18-10-7-14(8-11-18)15-9-12-22-13-15/h3-6,9,12-14H,2,7-8,10-11H2,1H3. The van der Waals surface area contributed by atoms with Crippen LogP contribution in [0.1, 0.15) is 31.2 Å². The first kappa shape index (κ1) is 16.5. The Kier molecular flexibility index (Phi) is 5.04. The molecular weight excluding hydrogens is 330 g/mol. The Morgan fingerprint density at radius 1 is 1.17 bits per heavy atom. The Labute approximate surface area is 141 Å².